The van der Waals surface area contributed by atoms with Crippen LogP contribution in [0.15, 0.2) is 4.42 Å². The van der Waals surface area contributed by atoms with Crippen molar-refractivity contribution in [1.82, 2.24) is 15.5 Å². The van der Waals surface area contributed by atoms with E-state index in [0.717, 1.165) is 25.9 Å². The molecule has 7 heteroatoms. The minimum atomic E-state index is -0.217. The molecule has 1 saturated heterocycles. The standard InChI is InChI=1S/C13H23N5O2/c1-13(2,3)15-8-10-16-17-12(20-10)18-6-4-9(5-7-18)11(14)19/h9,15H,4-8H2,1-3H3,(H2,14,19). The fourth-order valence-electron chi connectivity index (χ4n) is 2.14. The quantitative estimate of drug-likeness (QED) is 0.841. The van der Waals surface area contributed by atoms with Gasteiger partial charge in [0.2, 0.25) is 11.8 Å². The summed E-state index contributed by atoms with van der Waals surface area (Å²) in [6.07, 6.45) is 1.49. The third-order valence-corrected chi connectivity index (χ3v) is 3.39. The number of amides is 1. The van der Waals surface area contributed by atoms with E-state index in [9.17, 15) is 4.79 Å². The predicted molar refractivity (Wildman–Crippen MR) is 75.0 cm³/mol. The highest BCUT2D eigenvalue weighted by atomic mass is 16.4. The van der Waals surface area contributed by atoms with Crippen molar-refractivity contribution in [3.05, 3.63) is 5.89 Å². The summed E-state index contributed by atoms with van der Waals surface area (Å²) in [5.74, 6) is 0.327. The van der Waals surface area contributed by atoms with Crippen LogP contribution in [0.1, 0.15) is 39.5 Å². The van der Waals surface area contributed by atoms with Gasteiger partial charge in [0.05, 0.1) is 6.54 Å². The highest BCUT2D eigenvalue weighted by Crippen LogP contribution is 2.22. The second-order valence-corrected chi connectivity index (χ2v) is 6.25. The van der Waals surface area contributed by atoms with Crippen molar-refractivity contribution in [1.29, 1.82) is 0 Å². The van der Waals surface area contributed by atoms with Crippen LogP contribution in [0, 0.1) is 5.92 Å². The molecule has 112 valence electrons. The number of hydrogen-bond donors (Lipinski definition) is 2. The van der Waals surface area contributed by atoms with E-state index in [-0.39, 0.29) is 17.4 Å². The Kier molecular flexibility index (Phi) is 4.27. The van der Waals surface area contributed by atoms with Gasteiger partial charge in [-0.2, -0.15) is 0 Å². The summed E-state index contributed by atoms with van der Waals surface area (Å²) >= 11 is 0. The molecule has 3 N–H and O–H groups in total. The third kappa shape index (κ3) is 3.93. The number of nitrogens with one attached hydrogen (secondary N) is 1. The van der Waals surface area contributed by atoms with Gasteiger partial charge in [0.25, 0.3) is 0 Å². The largest absolute Gasteiger partial charge is 0.407 e. The number of carbonyl (C=O) groups excluding carboxylic acids is 1. The monoisotopic (exact) mass is 281 g/mol. The molecule has 0 bridgehead atoms. The maximum atomic E-state index is 11.1. The van der Waals surface area contributed by atoms with Gasteiger partial charge in [0.1, 0.15) is 0 Å². The van der Waals surface area contributed by atoms with Gasteiger partial charge in [-0.1, -0.05) is 5.10 Å². The van der Waals surface area contributed by atoms with E-state index in [1.165, 1.54) is 0 Å². The average Bonchev–Trinajstić information content (AvgIpc) is 2.84. The zero-order valence-electron chi connectivity index (χ0n) is 12.3. The molecule has 0 radical (unpaired) electrons. The van der Waals surface area contributed by atoms with Crippen LogP contribution in [0.4, 0.5) is 6.01 Å². The first-order valence-corrected chi connectivity index (χ1v) is 6.97. The topological polar surface area (TPSA) is 97.3 Å². The molecular weight excluding hydrogens is 258 g/mol. The summed E-state index contributed by atoms with van der Waals surface area (Å²) in [4.78, 5) is 13.1. The molecule has 1 amide bonds. The smallest absolute Gasteiger partial charge is 0.318 e. The Hall–Kier alpha value is -1.63. The van der Waals surface area contributed by atoms with Crippen LogP contribution >= 0.6 is 0 Å². The highest BCUT2D eigenvalue weighted by Gasteiger charge is 2.26. The summed E-state index contributed by atoms with van der Waals surface area (Å²) in [6.45, 7) is 8.24. The molecule has 0 atom stereocenters. The Labute approximate surface area is 118 Å². The maximum Gasteiger partial charge on any atom is 0.318 e. The molecule has 1 aromatic rings. The summed E-state index contributed by atoms with van der Waals surface area (Å²) in [5, 5.41) is 11.4. The Morgan fingerprint density at radius 2 is 2.05 bits per heavy atom. The number of hydrogen-bond acceptors (Lipinski definition) is 6. The average molecular weight is 281 g/mol. The van der Waals surface area contributed by atoms with Gasteiger partial charge >= 0.3 is 6.01 Å². The van der Waals surface area contributed by atoms with Crippen molar-refractivity contribution < 1.29 is 9.21 Å². The number of nitrogens with two attached hydrogens (primary N) is 1. The molecule has 2 heterocycles. The number of nitrogens with zero attached hydrogens (tertiary/aromatic N) is 3. The van der Waals surface area contributed by atoms with E-state index in [1.807, 2.05) is 4.90 Å². The van der Waals surface area contributed by atoms with E-state index >= 15 is 0 Å². The molecule has 2 rings (SSSR count). The molecular formula is C13H23N5O2. The number of piperidine rings is 1. The van der Waals surface area contributed by atoms with Gasteiger partial charge < -0.3 is 20.4 Å². The Morgan fingerprint density at radius 3 is 2.60 bits per heavy atom. The van der Waals surface area contributed by atoms with Gasteiger partial charge in [-0.15, -0.1) is 5.10 Å². The lowest BCUT2D eigenvalue weighted by molar-refractivity contribution is -0.122. The Bertz CT molecular complexity index is 458. The van der Waals surface area contributed by atoms with Crippen LogP contribution in [0.25, 0.3) is 0 Å². The van der Waals surface area contributed by atoms with Gasteiger partial charge in [-0.3, -0.25) is 4.79 Å². The van der Waals surface area contributed by atoms with Crippen LogP contribution in [0.3, 0.4) is 0 Å². The summed E-state index contributed by atoms with van der Waals surface area (Å²) in [7, 11) is 0. The van der Waals surface area contributed by atoms with Crippen molar-refractivity contribution in [2.75, 3.05) is 18.0 Å². The minimum absolute atomic E-state index is 0.00840. The molecule has 0 saturated carbocycles. The molecule has 0 unspecified atom stereocenters. The van der Waals surface area contributed by atoms with E-state index in [2.05, 4.69) is 36.3 Å². The lowest BCUT2D eigenvalue weighted by Gasteiger charge is -2.28. The van der Waals surface area contributed by atoms with Gasteiger partial charge in [-0.25, -0.2) is 0 Å². The molecule has 0 aliphatic carbocycles. The highest BCUT2D eigenvalue weighted by molar-refractivity contribution is 5.76. The van der Waals surface area contributed by atoms with E-state index in [1.54, 1.807) is 0 Å². The number of carbonyl (C=O) groups is 1. The van der Waals surface area contributed by atoms with Crippen molar-refractivity contribution >= 4 is 11.9 Å². The normalized spacial score (nSPS) is 17.4. The SMILES string of the molecule is CC(C)(C)NCc1nnc(N2CCC(C(N)=O)CC2)o1. The lowest BCUT2D eigenvalue weighted by Crippen LogP contribution is -2.38. The Balaban J connectivity index is 1.88. The van der Waals surface area contributed by atoms with Crippen LogP contribution in [-0.4, -0.2) is 34.7 Å². The predicted octanol–water partition coefficient (Wildman–Crippen LogP) is 0.659. The number of anilines is 1. The van der Waals surface area contributed by atoms with Crippen LogP contribution in [0.2, 0.25) is 0 Å². The maximum absolute atomic E-state index is 11.1. The molecule has 1 aliphatic rings. The van der Waals surface area contributed by atoms with Crippen molar-refractivity contribution in [2.45, 2.75) is 45.7 Å². The number of primary amides is 1. The molecule has 0 spiro atoms. The molecule has 1 aromatic heterocycles. The first-order valence-electron chi connectivity index (χ1n) is 6.97. The van der Waals surface area contributed by atoms with Crippen LogP contribution < -0.4 is 16.0 Å². The fourth-order valence-corrected chi connectivity index (χ4v) is 2.14. The van der Waals surface area contributed by atoms with Crippen molar-refractivity contribution in [3.8, 4) is 0 Å². The van der Waals surface area contributed by atoms with Crippen molar-refractivity contribution in [3.63, 3.8) is 0 Å². The third-order valence-electron chi connectivity index (χ3n) is 3.39. The molecule has 1 aliphatic heterocycles. The number of rotatable bonds is 4. The fraction of sp³-hybridized carbons (Fsp3) is 0.769. The Morgan fingerprint density at radius 1 is 1.40 bits per heavy atom. The van der Waals surface area contributed by atoms with E-state index < -0.39 is 0 Å². The second kappa shape index (κ2) is 5.78. The summed E-state index contributed by atoms with van der Waals surface area (Å²) in [5.41, 5.74) is 5.33. The first-order chi connectivity index (χ1) is 9.35. The molecule has 7 nitrogen and oxygen atoms in total. The van der Waals surface area contributed by atoms with Crippen LogP contribution in [0.5, 0.6) is 0 Å². The first kappa shape index (κ1) is 14.8. The molecule has 20 heavy (non-hydrogen) atoms. The van der Waals surface area contributed by atoms with Gasteiger partial charge in [0, 0.05) is 24.5 Å². The second-order valence-electron chi connectivity index (χ2n) is 6.25. The van der Waals surface area contributed by atoms with Crippen LogP contribution in [-0.2, 0) is 11.3 Å². The molecule has 1 fully saturated rings. The summed E-state index contributed by atoms with van der Waals surface area (Å²) < 4.78 is 5.64. The zero-order valence-corrected chi connectivity index (χ0v) is 12.3. The van der Waals surface area contributed by atoms with Gasteiger partial charge in [-0.05, 0) is 33.6 Å². The van der Waals surface area contributed by atoms with Gasteiger partial charge in [0.15, 0.2) is 0 Å². The van der Waals surface area contributed by atoms with E-state index in [0.29, 0.717) is 18.5 Å². The number of aromatic nitrogens is 2. The lowest BCUT2D eigenvalue weighted by atomic mass is 9.97. The zero-order chi connectivity index (χ0) is 14.8. The molecule has 0 aromatic carbocycles. The van der Waals surface area contributed by atoms with Crippen molar-refractivity contribution in [2.24, 2.45) is 11.7 Å². The summed E-state index contributed by atoms with van der Waals surface area (Å²) in [6, 6.07) is 0.527. The van der Waals surface area contributed by atoms with E-state index in [4.69, 9.17) is 10.2 Å². The minimum Gasteiger partial charge on any atom is -0.407 e.